The topological polar surface area (TPSA) is 73.6 Å². The number of nitrogens with one attached hydrogen (secondary N) is 3. The number of H-pyrrole nitrogens is 2. The van der Waals surface area contributed by atoms with Crippen molar-refractivity contribution in [2.24, 2.45) is 0 Å². The highest BCUT2D eigenvalue weighted by Gasteiger charge is 2.05. The molecule has 19 heavy (non-hydrogen) atoms. The average molecular weight is 319 g/mol. The largest absolute Gasteiger partial charge is 0.380 e. The van der Waals surface area contributed by atoms with Crippen molar-refractivity contribution in [1.29, 1.82) is 0 Å². The molecule has 0 saturated carbocycles. The predicted molar refractivity (Wildman–Crippen MR) is 78.2 cm³/mol. The van der Waals surface area contributed by atoms with E-state index in [1.165, 1.54) is 0 Å². The molecule has 6 heteroatoms. The van der Waals surface area contributed by atoms with Gasteiger partial charge in [-0.25, -0.2) is 4.79 Å². The van der Waals surface area contributed by atoms with E-state index in [1.807, 2.05) is 24.3 Å². The molecular formula is C13H11BrN4O. The van der Waals surface area contributed by atoms with Gasteiger partial charge in [0.25, 0.3) is 0 Å². The van der Waals surface area contributed by atoms with Crippen LogP contribution in [-0.4, -0.2) is 15.0 Å². The Labute approximate surface area is 117 Å². The summed E-state index contributed by atoms with van der Waals surface area (Å²) in [5.74, 6) is 0. The van der Waals surface area contributed by atoms with Crippen LogP contribution in [0.15, 0.2) is 45.9 Å². The third kappa shape index (κ3) is 2.53. The third-order valence-corrected chi connectivity index (χ3v) is 3.49. The van der Waals surface area contributed by atoms with Gasteiger partial charge in [-0.15, -0.1) is 0 Å². The summed E-state index contributed by atoms with van der Waals surface area (Å²) >= 11 is 3.49. The highest BCUT2D eigenvalue weighted by atomic mass is 79.9. The maximum Gasteiger partial charge on any atom is 0.323 e. The van der Waals surface area contributed by atoms with Gasteiger partial charge in [0.05, 0.1) is 16.7 Å². The molecule has 0 aliphatic rings. The van der Waals surface area contributed by atoms with Crippen molar-refractivity contribution in [3.63, 3.8) is 0 Å². The van der Waals surface area contributed by atoms with Gasteiger partial charge in [-0.2, -0.15) is 0 Å². The zero-order valence-electron chi connectivity index (χ0n) is 9.90. The lowest BCUT2D eigenvalue weighted by molar-refractivity contribution is 1.13. The zero-order chi connectivity index (χ0) is 13.2. The minimum absolute atomic E-state index is 0.201. The van der Waals surface area contributed by atoms with Crippen molar-refractivity contribution in [3.8, 4) is 0 Å². The van der Waals surface area contributed by atoms with Gasteiger partial charge in [0, 0.05) is 23.4 Å². The fourth-order valence-electron chi connectivity index (χ4n) is 1.89. The first kappa shape index (κ1) is 12.0. The molecular weight excluding hydrogens is 308 g/mol. The number of pyridine rings is 1. The average Bonchev–Trinajstić information content (AvgIpc) is 2.76. The minimum atomic E-state index is -0.201. The Kier molecular flexibility index (Phi) is 3.08. The second-order valence-electron chi connectivity index (χ2n) is 4.17. The number of rotatable bonds is 3. The summed E-state index contributed by atoms with van der Waals surface area (Å²) in [6.45, 7) is 0.696. The lowest BCUT2D eigenvalue weighted by atomic mass is 10.2. The van der Waals surface area contributed by atoms with Crippen LogP contribution < -0.4 is 11.0 Å². The Morgan fingerprint density at radius 1 is 1.16 bits per heavy atom. The van der Waals surface area contributed by atoms with Crippen molar-refractivity contribution in [1.82, 2.24) is 15.0 Å². The Morgan fingerprint density at radius 2 is 1.84 bits per heavy atom. The van der Waals surface area contributed by atoms with Crippen LogP contribution in [0.5, 0.6) is 0 Å². The molecule has 0 aliphatic carbocycles. The third-order valence-electron chi connectivity index (χ3n) is 2.84. The molecule has 2 heterocycles. The molecule has 0 spiro atoms. The summed E-state index contributed by atoms with van der Waals surface area (Å²) in [4.78, 5) is 20.7. The van der Waals surface area contributed by atoms with Crippen LogP contribution in [0.1, 0.15) is 5.56 Å². The Morgan fingerprint density at radius 3 is 2.58 bits per heavy atom. The molecule has 0 radical (unpaired) electrons. The predicted octanol–water partition coefficient (Wildman–Crippen LogP) is 2.63. The van der Waals surface area contributed by atoms with E-state index >= 15 is 0 Å². The van der Waals surface area contributed by atoms with Crippen molar-refractivity contribution in [2.45, 2.75) is 6.54 Å². The molecule has 96 valence electrons. The number of imidazole rings is 1. The maximum absolute atomic E-state index is 11.2. The van der Waals surface area contributed by atoms with E-state index in [2.05, 4.69) is 36.2 Å². The highest BCUT2D eigenvalue weighted by molar-refractivity contribution is 9.10. The monoisotopic (exact) mass is 318 g/mol. The fourth-order valence-corrected chi connectivity index (χ4v) is 2.37. The lowest BCUT2D eigenvalue weighted by Crippen LogP contribution is -2.00. The van der Waals surface area contributed by atoms with Crippen LogP contribution in [0.4, 0.5) is 5.69 Å². The first-order valence-corrected chi connectivity index (χ1v) is 6.56. The molecule has 0 amide bonds. The normalized spacial score (nSPS) is 10.8. The first-order valence-electron chi connectivity index (χ1n) is 5.77. The van der Waals surface area contributed by atoms with Gasteiger partial charge in [-0.05, 0) is 45.8 Å². The quantitative estimate of drug-likeness (QED) is 0.695. The molecule has 1 aromatic carbocycles. The summed E-state index contributed by atoms with van der Waals surface area (Å²) in [7, 11) is 0. The van der Waals surface area contributed by atoms with Gasteiger partial charge in [0.1, 0.15) is 0 Å². The van der Waals surface area contributed by atoms with Gasteiger partial charge in [0.2, 0.25) is 0 Å². The van der Waals surface area contributed by atoms with E-state index in [0.717, 1.165) is 26.8 Å². The summed E-state index contributed by atoms with van der Waals surface area (Å²) in [5.41, 5.74) is 3.44. The molecule has 3 N–H and O–H groups in total. The van der Waals surface area contributed by atoms with Gasteiger partial charge in [-0.3, -0.25) is 4.98 Å². The molecule has 5 nitrogen and oxygen atoms in total. The van der Waals surface area contributed by atoms with Crippen LogP contribution in [0, 0.1) is 0 Å². The summed E-state index contributed by atoms with van der Waals surface area (Å²) in [6.07, 6.45) is 3.53. The second kappa shape index (κ2) is 4.89. The minimum Gasteiger partial charge on any atom is -0.380 e. The number of fused-ring (bicyclic) bond motifs is 1. The molecule has 0 atom stereocenters. The van der Waals surface area contributed by atoms with E-state index in [9.17, 15) is 4.79 Å². The standard InChI is InChI=1S/C13H11BrN4O/c14-9-5-11-12(18-13(19)17-11)6-10(9)16-7-8-1-3-15-4-2-8/h1-6,16H,7H2,(H2,17,18,19). The molecule has 0 saturated heterocycles. The van der Waals surface area contributed by atoms with Crippen molar-refractivity contribution < 1.29 is 0 Å². The zero-order valence-corrected chi connectivity index (χ0v) is 11.5. The molecule has 0 aliphatic heterocycles. The highest BCUT2D eigenvalue weighted by Crippen LogP contribution is 2.26. The number of aromatic amines is 2. The van der Waals surface area contributed by atoms with Crippen LogP contribution in [-0.2, 0) is 6.54 Å². The van der Waals surface area contributed by atoms with Crippen molar-refractivity contribution in [3.05, 3.63) is 57.2 Å². The summed E-state index contributed by atoms with van der Waals surface area (Å²) in [6, 6.07) is 7.69. The van der Waals surface area contributed by atoms with E-state index in [4.69, 9.17) is 0 Å². The van der Waals surface area contributed by atoms with E-state index in [1.54, 1.807) is 12.4 Å². The molecule has 0 fully saturated rings. The van der Waals surface area contributed by atoms with Gasteiger partial charge in [-0.1, -0.05) is 0 Å². The van der Waals surface area contributed by atoms with Crippen LogP contribution >= 0.6 is 15.9 Å². The summed E-state index contributed by atoms with van der Waals surface area (Å²) in [5, 5.41) is 3.32. The number of hydrogen-bond donors (Lipinski definition) is 3. The van der Waals surface area contributed by atoms with Gasteiger partial charge in [0.15, 0.2) is 0 Å². The molecule has 3 aromatic rings. The molecule has 3 rings (SSSR count). The Balaban J connectivity index is 1.88. The Bertz CT molecular complexity index is 763. The van der Waals surface area contributed by atoms with Crippen LogP contribution in [0.25, 0.3) is 11.0 Å². The lowest BCUT2D eigenvalue weighted by Gasteiger charge is -2.08. The van der Waals surface area contributed by atoms with Crippen molar-refractivity contribution >= 4 is 32.7 Å². The molecule has 2 aromatic heterocycles. The number of nitrogens with zero attached hydrogens (tertiary/aromatic N) is 1. The summed E-state index contributed by atoms with van der Waals surface area (Å²) < 4.78 is 0.907. The van der Waals surface area contributed by atoms with Gasteiger partial charge < -0.3 is 15.3 Å². The number of anilines is 1. The van der Waals surface area contributed by atoms with Crippen molar-refractivity contribution in [2.75, 3.05) is 5.32 Å². The van der Waals surface area contributed by atoms with Crippen LogP contribution in [0.3, 0.4) is 0 Å². The molecule has 0 unspecified atom stereocenters. The SMILES string of the molecule is O=c1[nH]c2cc(Br)c(NCc3ccncc3)cc2[nH]1. The number of aromatic nitrogens is 3. The smallest absolute Gasteiger partial charge is 0.323 e. The fraction of sp³-hybridized carbons (Fsp3) is 0.0769. The first-order chi connectivity index (χ1) is 9.22. The van der Waals surface area contributed by atoms with E-state index in [0.29, 0.717) is 6.54 Å². The maximum atomic E-state index is 11.2. The molecule has 0 bridgehead atoms. The van der Waals surface area contributed by atoms with Gasteiger partial charge >= 0.3 is 5.69 Å². The number of benzene rings is 1. The number of halogens is 1. The van der Waals surface area contributed by atoms with Crippen LogP contribution in [0.2, 0.25) is 0 Å². The van der Waals surface area contributed by atoms with E-state index in [-0.39, 0.29) is 5.69 Å². The second-order valence-corrected chi connectivity index (χ2v) is 5.02. The number of hydrogen-bond acceptors (Lipinski definition) is 3. The van der Waals surface area contributed by atoms with E-state index < -0.39 is 0 Å². The Hall–Kier alpha value is -2.08.